The molecule has 1 aromatic carbocycles. The minimum Gasteiger partial charge on any atom is -0.483 e. The van der Waals surface area contributed by atoms with Gasteiger partial charge in [-0.1, -0.05) is 11.6 Å². The first-order chi connectivity index (χ1) is 12.0. The molecular formula is C18H19ClN2O3S. The van der Waals surface area contributed by atoms with Gasteiger partial charge >= 0.3 is 0 Å². The normalized spacial score (nSPS) is 13.2. The quantitative estimate of drug-likeness (QED) is 0.832. The van der Waals surface area contributed by atoms with E-state index in [1.54, 1.807) is 18.2 Å². The van der Waals surface area contributed by atoms with Gasteiger partial charge in [-0.3, -0.25) is 9.59 Å². The van der Waals surface area contributed by atoms with Crippen molar-refractivity contribution in [1.29, 1.82) is 0 Å². The van der Waals surface area contributed by atoms with E-state index >= 15 is 0 Å². The van der Waals surface area contributed by atoms with Crippen LogP contribution in [0.5, 0.6) is 5.75 Å². The molecule has 0 unspecified atom stereocenters. The highest BCUT2D eigenvalue weighted by atomic mass is 35.5. The van der Waals surface area contributed by atoms with Crippen LogP contribution in [-0.2, 0) is 17.6 Å². The molecule has 7 heteroatoms. The van der Waals surface area contributed by atoms with Crippen molar-refractivity contribution in [2.75, 3.05) is 11.9 Å². The number of hydrogen-bond acceptors (Lipinski definition) is 4. The highest BCUT2D eigenvalue weighted by Gasteiger charge is 2.25. The Hall–Kier alpha value is -2.05. The fourth-order valence-corrected chi connectivity index (χ4v) is 4.53. The molecule has 3 rings (SSSR count). The second-order valence-corrected chi connectivity index (χ2v) is 7.57. The number of halogens is 1. The first-order valence-corrected chi connectivity index (χ1v) is 9.28. The third-order valence-corrected chi connectivity index (χ3v) is 5.61. The Kier molecular flexibility index (Phi) is 5.30. The van der Waals surface area contributed by atoms with E-state index in [0.29, 0.717) is 21.3 Å². The number of primary amides is 1. The van der Waals surface area contributed by atoms with Crippen LogP contribution in [0, 0.1) is 6.92 Å². The fourth-order valence-electron chi connectivity index (χ4n) is 3.00. The molecule has 0 aliphatic heterocycles. The summed E-state index contributed by atoms with van der Waals surface area (Å²) >= 11 is 7.35. The summed E-state index contributed by atoms with van der Waals surface area (Å²) < 4.78 is 5.55. The molecule has 0 saturated carbocycles. The van der Waals surface area contributed by atoms with E-state index in [1.807, 2.05) is 6.92 Å². The molecule has 0 radical (unpaired) electrons. The van der Waals surface area contributed by atoms with Crippen LogP contribution < -0.4 is 15.8 Å². The smallest absolute Gasteiger partial charge is 0.262 e. The van der Waals surface area contributed by atoms with Gasteiger partial charge in [-0.25, -0.2) is 0 Å². The van der Waals surface area contributed by atoms with Gasteiger partial charge in [0.05, 0.1) is 5.56 Å². The summed E-state index contributed by atoms with van der Waals surface area (Å²) in [5.41, 5.74) is 7.83. The van der Waals surface area contributed by atoms with Crippen LogP contribution in [0.1, 0.15) is 39.2 Å². The predicted molar refractivity (Wildman–Crippen MR) is 99.8 cm³/mol. The number of nitrogens with two attached hydrogens (primary N) is 1. The summed E-state index contributed by atoms with van der Waals surface area (Å²) in [6.07, 6.45) is 3.89. The first kappa shape index (κ1) is 17.8. The van der Waals surface area contributed by atoms with Gasteiger partial charge in [0.15, 0.2) is 6.61 Å². The maximum absolute atomic E-state index is 12.2. The number of aryl methyl sites for hydroxylation is 2. The molecule has 1 aromatic heterocycles. The first-order valence-electron chi connectivity index (χ1n) is 8.09. The zero-order valence-corrected chi connectivity index (χ0v) is 15.4. The molecule has 1 heterocycles. The maximum atomic E-state index is 12.2. The Labute approximate surface area is 155 Å². The number of ether oxygens (including phenoxy) is 1. The van der Waals surface area contributed by atoms with Crippen molar-refractivity contribution < 1.29 is 14.3 Å². The van der Waals surface area contributed by atoms with Crippen LogP contribution in [0.2, 0.25) is 5.02 Å². The van der Waals surface area contributed by atoms with Gasteiger partial charge in [-0.2, -0.15) is 0 Å². The van der Waals surface area contributed by atoms with E-state index in [2.05, 4.69) is 5.32 Å². The third kappa shape index (κ3) is 3.96. The molecule has 1 aliphatic rings. The number of thiophene rings is 1. The molecule has 3 N–H and O–H groups in total. The number of carbonyl (C=O) groups excluding carboxylic acids is 2. The number of rotatable bonds is 5. The summed E-state index contributed by atoms with van der Waals surface area (Å²) in [6, 6.07) is 5.21. The molecule has 0 spiro atoms. The molecule has 25 heavy (non-hydrogen) atoms. The molecule has 2 amide bonds. The van der Waals surface area contributed by atoms with Gasteiger partial charge in [0.2, 0.25) is 0 Å². The van der Waals surface area contributed by atoms with Crippen molar-refractivity contribution in [1.82, 2.24) is 0 Å². The van der Waals surface area contributed by atoms with Crippen molar-refractivity contribution in [2.45, 2.75) is 32.6 Å². The standard InChI is InChI=1S/C18H19ClN2O3S/c1-10-8-11(19)6-7-13(10)24-9-15(22)21-18-16(17(20)23)12-4-2-3-5-14(12)25-18/h6-8H,2-5,9H2,1H3,(H2,20,23)(H,21,22). The lowest BCUT2D eigenvalue weighted by molar-refractivity contribution is -0.118. The number of carbonyl (C=O) groups is 2. The second-order valence-electron chi connectivity index (χ2n) is 6.03. The highest BCUT2D eigenvalue weighted by molar-refractivity contribution is 7.17. The van der Waals surface area contributed by atoms with E-state index in [4.69, 9.17) is 22.1 Å². The van der Waals surface area contributed by atoms with Crippen LogP contribution in [0.15, 0.2) is 18.2 Å². The zero-order valence-electron chi connectivity index (χ0n) is 13.9. The van der Waals surface area contributed by atoms with Crippen LogP contribution in [0.3, 0.4) is 0 Å². The maximum Gasteiger partial charge on any atom is 0.262 e. The second kappa shape index (κ2) is 7.45. The van der Waals surface area contributed by atoms with Gasteiger partial charge in [-0.15, -0.1) is 11.3 Å². The predicted octanol–water partition coefficient (Wildman–Crippen LogP) is 3.71. The summed E-state index contributed by atoms with van der Waals surface area (Å²) in [6.45, 7) is 1.71. The molecule has 0 bridgehead atoms. The van der Waals surface area contributed by atoms with E-state index in [9.17, 15) is 9.59 Å². The SMILES string of the molecule is Cc1cc(Cl)ccc1OCC(=O)Nc1sc2c(c1C(N)=O)CCCC2. The molecule has 0 fully saturated rings. The summed E-state index contributed by atoms with van der Waals surface area (Å²) in [4.78, 5) is 25.2. The number of amides is 2. The van der Waals surface area contributed by atoms with Crippen molar-refractivity contribution in [3.8, 4) is 5.75 Å². The van der Waals surface area contributed by atoms with Gasteiger partial charge in [-0.05, 0) is 61.9 Å². The average Bonchev–Trinajstić information content (AvgIpc) is 2.91. The number of anilines is 1. The number of hydrogen-bond donors (Lipinski definition) is 2. The Balaban J connectivity index is 1.70. The van der Waals surface area contributed by atoms with Crippen molar-refractivity contribution in [3.63, 3.8) is 0 Å². The number of benzene rings is 1. The Morgan fingerprint density at radius 3 is 2.80 bits per heavy atom. The van der Waals surface area contributed by atoms with Crippen LogP contribution in [-0.4, -0.2) is 18.4 Å². The highest BCUT2D eigenvalue weighted by Crippen LogP contribution is 2.37. The van der Waals surface area contributed by atoms with Crippen LogP contribution in [0.4, 0.5) is 5.00 Å². The van der Waals surface area contributed by atoms with Gasteiger partial charge in [0.25, 0.3) is 11.8 Å². The average molecular weight is 379 g/mol. The minimum atomic E-state index is -0.496. The van der Waals surface area contributed by atoms with Gasteiger partial charge in [0.1, 0.15) is 10.8 Å². The van der Waals surface area contributed by atoms with E-state index in [-0.39, 0.29) is 12.5 Å². The van der Waals surface area contributed by atoms with Crippen molar-refractivity contribution >= 4 is 39.8 Å². The molecule has 2 aromatic rings. The number of fused-ring (bicyclic) bond motifs is 1. The lowest BCUT2D eigenvalue weighted by Crippen LogP contribution is -2.22. The van der Waals surface area contributed by atoms with E-state index < -0.39 is 5.91 Å². The summed E-state index contributed by atoms with van der Waals surface area (Å²) in [7, 11) is 0. The van der Waals surface area contributed by atoms with Gasteiger partial charge in [0, 0.05) is 9.90 Å². The molecule has 1 aliphatic carbocycles. The molecule has 0 atom stereocenters. The van der Waals surface area contributed by atoms with E-state index in [1.165, 1.54) is 11.3 Å². The topological polar surface area (TPSA) is 81.4 Å². The Morgan fingerprint density at radius 2 is 2.08 bits per heavy atom. The van der Waals surface area contributed by atoms with Gasteiger partial charge < -0.3 is 15.8 Å². The molecule has 5 nitrogen and oxygen atoms in total. The molecule has 0 saturated heterocycles. The third-order valence-electron chi connectivity index (χ3n) is 4.17. The zero-order chi connectivity index (χ0) is 18.0. The number of nitrogens with one attached hydrogen (secondary N) is 1. The monoisotopic (exact) mass is 378 g/mol. The van der Waals surface area contributed by atoms with Crippen LogP contribution >= 0.6 is 22.9 Å². The van der Waals surface area contributed by atoms with Crippen LogP contribution in [0.25, 0.3) is 0 Å². The summed E-state index contributed by atoms with van der Waals surface area (Å²) in [5.74, 6) is -0.222. The molecular weight excluding hydrogens is 360 g/mol. The lowest BCUT2D eigenvalue weighted by Gasteiger charge is -2.11. The van der Waals surface area contributed by atoms with Crippen molar-refractivity contribution in [2.24, 2.45) is 5.73 Å². The Bertz CT molecular complexity index is 832. The molecule has 132 valence electrons. The van der Waals surface area contributed by atoms with E-state index in [0.717, 1.165) is 41.7 Å². The Morgan fingerprint density at radius 1 is 1.32 bits per heavy atom. The fraction of sp³-hybridized carbons (Fsp3) is 0.333. The lowest BCUT2D eigenvalue weighted by atomic mass is 9.95. The largest absolute Gasteiger partial charge is 0.483 e. The van der Waals surface area contributed by atoms with Crippen molar-refractivity contribution in [3.05, 3.63) is 44.8 Å². The summed E-state index contributed by atoms with van der Waals surface area (Å²) in [5, 5.41) is 3.92. The minimum absolute atomic E-state index is 0.150.